The lowest BCUT2D eigenvalue weighted by Gasteiger charge is -2.39. The summed E-state index contributed by atoms with van der Waals surface area (Å²) in [5, 5.41) is 6.38. The molecule has 4 aliphatic rings. The lowest BCUT2D eigenvalue weighted by atomic mass is 10.1. The Kier molecular flexibility index (Phi) is 5.91. The molecule has 1 amide bonds. The third-order valence-electron chi connectivity index (χ3n) is 7.16. The predicted octanol–water partition coefficient (Wildman–Crippen LogP) is 2.47. The third kappa shape index (κ3) is 4.26. The van der Waals surface area contributed by atoms with Crippen molar-refractivity contribution >= 4 is 11.6 Å². The summed E-state index contributed by atoms with van der Waals surface area (Å²) in [6.45, 7) is 8.59. The van der Waals surface area contributed by atoms with Gasteiger partial charge in [0.15, 0.2) is 0 Å². The summed E-state index contributed by atoms with van der Waals surface area (Å²) in [4.78, 5) is 23.6. The van der Waals surface area contributed by atoms with E-state index in [1.165, 1.54) is 36.4 Å². The van der Waals surface area contributed by atoms with Crippen LogP contribution in [0.4, 0.5) is 5.69 Å². The second-order valence-electron chi connectivity index (χ2n) is 9.09. The summed E-state index contributed by atoms with van der Waals surface area (Å²) in [5.41, 5.74) is 6.01. The fourth-order valence-electron chi connectivity index (χ4n) is 5.06. The van der Waals surface area contributed by atoms with E-state index in [1.807, 2.05) is 18.3 Å². The first-order chi connectivity index (χ1) is 15.7. The molecule has 0 bridgehead atoms. The number of hydrogen-bond acceptors (Lipinski definition) is 6. The molecule has 0 spiro atoms. The quantitative estimate of drug-likeness (QED) is 0.742. The van der Waals surface area contributed by atoms with Gasteiger partial charge < -0.3 is 20.4 Å². The van der Waals surface area contributed by atoms with Gasteiger partial charge in [-0.1, -0.05) is 13.0 Å². The van der Waals surface area contributed by atoms with Crippen LogP contribution in [0.5, 0.6) is 0 Å². The van der Waals surface area contributed by atoms with E-state index in [2.05, 4.69) is 49.4 Å². The van der Waals surface area contributed by atoms with Gasteiger partial charge in [0.05, 0.1) is 11.9 Å². The first-order valence-corrected chi connectivity index (χ1v) is 12.0. The van der Waals surface area contributed by atoms with Crippen molar-refractivity contribution in [2.45, 2.75) is 38.6 Å². The normalized spacial score (nSPS) is 23.6. The summed E-state index contributed by atoms with van der Waals surface area (Å²) in [7, 11) is 1.63. The standard InChI is InChI=1S/C25H34N6O/c1-3-18-6-9-23(28-24(18)19-4-5-19)31-11-10-21(17-31)30-14-12-29(13-15-30)20-7-8-22(27-16-20)25(32)26-2/h6-9,16,21,28H,3-5,10-15,17H2,1-2H3,(H,26,32). The Morgan fingerprint density at radius 3 is 2.59 bits per heavy atom. The van der Waals surface area contributed by atoms with Crippen LogP contribution in [0.2, 0.25) is 0 Å². The largest absolute Gasteiger partial charge is 0.368 e. The smallest absolute Gasteiger partial charge is 0.269 e. The number of nitrogens with one attached hydrogen (secondary N) is 2. The number of aromatic nitrogens is 1. The number of hydrogen-bond donors (Lipinski definition) is 2. The first-order valence-electron chi connectivity index (χ1n) is 12.0. The Bertz CT molecular complexity index is 949. The fourth-order valence-corrected chi connectivity index (χ4v) is 5.06. The number of carbonyl (C=O) groups is 1. The van der Waals surface area contributed by atoms with E-state index in [0.717, 1.165) is 51.4 Å². The highest BCUT2D eigenvalue weighted by molar-refractivity contribution is 5.92. The second-order valence-corrected chi connectivity index (χ2v) is 9.09. The minimum Gasteiger partial charge on any atom is -0.368 e. The van der Waals surface area contributed by atoms with E-state index >= 15 is 0 Å². The van der Waals surface area contributed by atoms with Gasteiger partial charge in [-0.3, -0.25) is 9.69 Å². The SMILES string of the molecule is CCC1=CC=C(N2CCC(N3CCN(c4ccc(C(=O)NC)nc4)CC3)C2)NC1=C1CC1. The molecule has 3 fully saturated rings. The van der Waals surface area contributed by atoms with Crippen molar-refractivity contribution in [3.8, 4) is 0 Å². The van der Waals surface area contributed by atoms with E-state index in [1.54, 1.807) is 12.6 Å². The molecule has 2 saturated heterocycles. The van der Waals surface area contributed by atoms with Crippen LogP contribution >= 0.6 is 0 Å². The number of piperazine rings is 1. The Hall–Kier alpha value is -2.80. The van der Waals surface area contributed by atoms with Gasteiger partial charge in [0.2, 0.25) is 0 Å². The fraction of sp³-hybridized carbons (Fsp3) is 0.520. The minimum atomic E-state index is -0.142. The predicted molar refractivity (Wildman–Crippen MR) is 127 cm³/mol. The van der Waals surface area contributed by atoms with Gasteiger partial charge in [-0.2, -0.15) is 0 Å². The number of amides is 1. The minimum absolute atomic E-state index is 0.142. The number of carbonyl (C=O) groups excluding carboxylic acids is 1. The molecule has 7 heteroatoms. The average Bonchev–Trinajstić information content (AvgIpc) is 3.59. The molecule has 1 unspecified atom stereocenters. The first kappa shape index (κ1) is 21.1. The monoisotopic (exact) mass is 434 g/mol. The Balaban J connectivity index is 1.15. The Morgan fingerprint density at radius 1 is 1.12 bits per heavy atom. The van der Waals surface area contributed by atoms with Gasteiger partial charge in [-0.05, 0) is 55.0 Å². The topological polar surface area (TPSA) is 63.7 Å². The van der Waals surface area contributed by atoms with Crippen LogP contribution in [0.25, 0.3) is 0 Å². The molecule has 3 aliphatic heterocycles. The van der Waals surface area contributed by atoms with Crippen LogP contribution in [0.1, 0.15) is 43.1 Å². The third-order valence-corrected chi connectivity index (χ3v) is 7.16. The molecular formula is C25H34N6O. The maximum atomic E-state index is 11.7. The molecule has 1 aliphatic carbocycles. The number of rotatable bonds is 5. The summed E-state index contributed by atoms with van der Waals surface area (Å²) < 4.78 is 0. The number of dihydropyridines is 1. The molecule has 5 rings (SSSR count). The molecule has 1 aromatic heterocycles. The van der Waals surface area contributed by atoms with Crippen LogP contribution in [0.3, 0.4) is 0 Å². The number of likely N-dealkylation sites (tertiary alicyclic amines) is 1. The molecule has 1 saturated carbocycles. The number of nitrogens with zero attached hydrogens (tertiary/aromatic N) is 4. The van der Waals surface area contributed by atoms with Gasteiger partial charge in [-0.15, -0.1) is 0 Å². The van der Waals surface area contributed by atoms with E-state index in [4.69, 9.17) is 0 Å². The lowest BCUT2D eigenvalue weighted by molar-refractivity contribution is 0.0958. The molecule has 7 nitrogen and oxygen atoms in total. The summed E-state index contributed by atoms with van der Waals surface area (Å²) in [6.07, 6.45) is 11.2. The zero-order valence-corrected chi connectivity index (χ0v) is 19.2. The Labute approximate surface area is 190 Å². The van der Waals surface area contributed by atoms with Crippen molar-refractivity contribution in [2.75, 3.05) is 51.2 Å². The summed E-state index contributed by atoms with van der Waals surface area (Å²) >= 11 is 0. The maximum absolute atomic E-state index is 11.7. The van der Waals surface area contributed by atoms with Gasteiger partial charge in [0.25, 0.3) is 5.91 Å². The lowest BCUT2D eigenvalue weighted by Crippen LogP contribution is -2.51. The van der Waals surface area contributed by atoms with Crippen LogP contribution in [0, 0.1) is 0 Å². The maximum Gasteiger partial charge on any atom is 0.269 e. The van der Waals surface area contributed by atoms with Crippen LogP contribution in [-0.4, -0.2) is 73.0 Å². The zero-order valence-electron chi connectivity index (χ0n) is 19.2. The van der Waals surface area contributed by atoms with Crippen LogP contribution < -0.4 is 15.5 Å². The van der Waals surface area contributed by atoms with Gasteiger partial charge in [0.1, 0.15) is 11.5 Å². The van der Waals surface area contributed by atoms with Crippen molar-refractivity contribution in [1.29, 1.82) is 0 Å². The summed E-state index contributed by atoms with van der Waals surface area (Å²) in [6, 6.07) is 4.43. The van der Waals surface area contributed by atoms with Gasteiger partial charge in [-0.25, -0.2) is 4.98 Å². The van der Waals surface area contributed by atoms with E-state index in [0.29, 0.717) is 11.7 Å². The molecule has 32 heavy (non-hydrogen) atoms. The molecule has 0 aromatic carbocycles. The molecule has 170 valence electrons. The zero-order chi connectivity index (χ0) is 22.1. The Morgan fingerprint density at radius 2 is 1.94 bits per heavy atom. The van der Waals surface area contributed by atoms with Gasteiger partial charge >= 0.3 is 0 Å². The molecule has 1 atom stereocenters. The molecule has 2 N–H and O–H groups in total. The van der Waals surface area contributed by atoms with E-state index < -0.39 is 0 Å². The average molecular weight is 435 g/mol. The second kappa shape index (κ2) is 8.98. The highest BCUT2D eigenvalue weighted by atomic mass is 16.1. The highest BCUT2D eigenvalue weighted by Gasteiger charge is 2.32. The summed E-state index contributed by atoms with van der Waals surface area (Å²) in [5.74, 6) is 1.14. The van der Waals surface area contributed by atoms with Crippen molar-refractivity contribution < 1.29 is 4.79 Å². The van der Waals surface area contributed by atoms with Crippen molar-refractivity contribution in [2.24, 2.45) is 0 Å². The van der Waals surface area contributed by atoms with E-state index in [-0.39, 0.29) is 5.91 Å². The molecular weight excluding hydrogens is 400 g/mol. The molecule has 1 aromatic rings. The number of allylic oxidation sites excluding steroid dienone is 4. The van der Waals surface area contributed by atoms with Crippen molar-refractivity contribution in [3.63, 3.8) is 0 Å². The van der Waals surface area contributed by atoms with Crippen molar-refractivity contribution in [3.05, 3.63) is 58.8 Å². The number of pyridine rings is 1. The van der Waals surface area contributed by atoms with E-state index in [9.17, 15) is 4.79 Å². The van der Waals surface area contributed by atoms with Crippen LogP contribution in [0.15, 0.2) is 53.1 Å². The molecule has 4 heterocycles. The van der Waals surface area contributed by atoms with Gasteiger partial charge in [0, 0.05) is 58.1 Å². The van der Waals surface area contributed by atoms with Crippen molar-refractivity contribution in [1.82, 2.24) is 25.4 Å². The number of anilines is 1. The highest BCUT2D eigenvalue weighted by Crippen LogP contribution is 2.36. The van der Waals surface area contributed by atoms with Crippen LogP contribution in [-0.2, 0) is 0 Å². The molecule has 0 radical (unpaired) electrons.